The third kappa shape index (κ3) is 8.28. The zero-order chi connectivity index (χ0) is 24.6. The lowest BCUT2D eigenvalue weighted by molar-refractivity contribution is 0.0957. The molecule has 0 aliphatic heterocycles. The van der Waals surface area contributed by atoms with E-state index >= 15 is 0 Å². The summed E-state index contributed by atoms with van der Waals surface area (Å²) in [5.41, 5.74) is 8.42. The minimum absolute atomic E-state index is 0.245. The molecule has 2 amide bonds. The van der Waals surface area contributed by atoms with Gasteiger partial charge in [-0.1, -0.05) is 51.7 Å². The van der Waals surface area contributed by atoms with Gasteiger partial charge >= 0.3 is 0 Å². The maximum atomic E-state index is 12.7. The molecule has 0 aliphatic rings. The van der Waals surface area contributed by atoms with Gasteiger partial charge in [0.1, 0.15) is 12.0 Å². The number of amides is 2. The summed E-state index contributed by atoms with van der Waals surface area (Å²) in [5, 5.41) is 5.41. The second-order valence-electron chi connectivity index (χ2n) is 6.17. The summed E-state index contributed by atoms with van der Waals surface area (Å²) in [7, 11) is 1.55. The highest BCUT2D eigenvalue weighted by atomic mass is 16.2. The molecular weight excluding hydrogens is 414 g/mol. The first-order chi connectivity index (χ1) is 16.1. The monoisotopic (exact) mass is 447 g/mol. The molecule has 0 saturated carbocycles. The Kier molecular flexibility index (Phi) is 12.3. The SMILES string of the molecule is CC.CC.CNC(=O)c1cn(-c2cccc(C(=O)Nc3cccc(C#CCCN)c3)c2)cn1. The minimum atomic E-state index is -0.271. The van der Waals surface area contributed by atoms with Gasteiger partial charge in [0.25, 0.3) is 11.8 Å². The standard InChI is InChI=1S/C22H21N5O2.2C2H6/c1-24-22(29)20-14-27(15-25-20)19-10-5-8-17(13-19)21(28)26-18-9-4-7-16(12-18)6-2-3-11-23;2*1-2/h4-5,7-10,12-15H,3,11,23H2,1H3,(H,24,29)(H,26,28);2*1-2H3. The van der Waals surface area contributed by atoms with Crippen LogP contribution in [0.25, 0.3) is 5.69 Å². The molecule has 1 heterocycles. The zero-order valence-electron chi connectivity index (χ0n) is 20.0. The van der Waals surface area contributed by atoms with Gasteiger partial charge in [-0.05, 0) is 36.4 Å². The van der Waals surface area contributed by atoms with Gasteiger partial charge in [0, 0.05) is 48.7 Å². The molecule has 0 unspecified atom stereocenters. The third-order valence-corrected chi connectivity index (χ3v) is 4.07. The lowest BCUT2D eigenvalue weighted by Crippen LogP contribution is -2.18. The maximum Gasteiger partial charge on any atom is 0.271 e. The highest BCUT2D eigenvalue weighted by Crippen LogP contribution is 2.15. The van der Waals surface area contributed by atoms with Gasteiger partial charge in [0.2, 0.25) is 0 Å². The molecule has 3 aromatic rings. The topological polar surface area (TPSA) is 102 Å². The van der Waals surface area contributed by atoms with Gasteiger partial charge < -0.3 is 20.9 Å². The Morgan fingerprint density at radius 1 is 1.03 bits per heavy atom. The van der Waals surface area contributed by atoms with Crippen molar-refractivity contribution >= 4 is 17.5 Å². The number of imidazole rings is 1. The average Bonchev–Trinajstić information content (AvgIpc) is 3.37. The number of hydrogen-bond acceptors (Lipinski definition) is 4. The summed E-state index contributed by atoms with van der Waals surface area (Å²) in [4.78, 5) is 28.4. The van der Waals surface area contributed by atoms with E-state index in [1.54, 1.807) is 42.1 Å². The Morgan fingerprint density at radius 3 is 2.45 bits per heavy atom. The van der Waals surface area contributed by atoms with Crippen LogP contribution in [-0.2, 0) is 0 Å². The van der Waals surface area contributed by atoms with Crippen LogP contribution in [-0.4, -0.2) is 35.0 Å². The number of carbonyl (C=O) groups is 2. The van der Waals surface area contributed by atoms with Gasteiger partial charge in [0.15, 0.2) is 0 Å². The number of anilines is 1. The molecule has 4 N–H and O–H groups in total. The van der Waals surface area contributed by atoms with Crippen molar-refractivity contribution in [2.45, 2.75) is 34.1 Å². The number of nitrogens with one attached hydrogen (secondary N) is 2. The van der Waals surface area contributed by atoms with E-state index in [0.29, 0.717) is 29.9 Å². The van der Waals surface area contributed by atoms with Crippen molar-refractivity contribution in [1.82, 2.24) is 14.9 Å². The number of rotatable bonds is 5. The molecule has 0 saturated heterocycles. The molecule has 0 radical (unpaired) electrons. The molecule has 7 nitrogen and oxygen atoms in total. The number of benzene rings is 2. The molecule has 3 rings (SSSR count). The van der Waals surface area contributed by atoms with Crippen LogP contribution in [0.4, 0.5) is 5.69 Å². The largest absolute Gasteiger partial charge is 0.354 e. The third-order valence-electron chi connectivity index (χ3n) is 4.07. The molecular formula is C26H33N5O2. The van der Waals surface area contributed by atoms with Gasteiger partial charge in [-0.3, -0.25) is 9.59 Å². The van der Waals surface area contributed by atoms with Crippen LogP contribution in [0.15, 0.2) is 61.1 Å². The lowest BCUT2D eigenvalue weighted by atomic mass is 10.1. The highest BCUT2D eigenvalue weighted by Gasteiger charge is 2.11. The Balaban J connectivity index is 0.00000129. The summed E-state index contributed by atoms with van der Waals surface area (Å²) in [5.74, 6) is 5.48. The highest BCUT2D eigenvalue weighted by molar-refractivity contribution is 6.04. The second-order valence-corrected chi connectivity index (χ2v) is 6.17. The molecule has 1 aromatic heterocycles. The van der Waals surface area contributed by atoms with Gasteiger partial charge in [-0.2, -0.15) is 0 Å². The van der Waals surface area contributed by atoms with Crippen molar-refractivity contribution in [3.63, 3.8) is 0 Å². The van der Waals surface area contributed by atoms with Crippen molar-refractivity contribution in [2.75, 3.05) is 18.9 Å². The van der Waals surface area contributed by atoms with Gasteiger partial charge in [-0.15, -0.1) is 0 Å². The molecule has 7 heteroatoms. The summed E-state index contributed by atoms with van der Waals surface area (Å²) >= 11 is 0. The number of nitrogens with zero attached hydrogens (tertiary/aromatic N) is 2. The maximum absolute atomic E-state index is 12.7. The van der Waals surface area contributed by atoms with Gasteiger partial charge in [-0.25, -0.2) is 4.98 Å². The fraction of sp³-hybridized carbons (Fsp3) is 0.269. The van der Waals surface area contributed by atoms with Crippen LogP contribution in [0.3, 0.4) is 0 Å². The van der Waals surface area contributed by atoms with Crippen LogP contribution >= 0.6 is 0 Å². The Labute approximate surface area is 196 Å². The van der Waals surface area contributed by atoms with Crippen LogP contribution in [0.5, 0.6) is 0 Å². The molecule has 2 aromatic carbocycles. The van der Waals surface area contributed by atoms with E-state index in [1.807, 2.05) is 52.0 Å². The number of nitrogens with two attached hydrogens (primary N) is 1. The molecule has 33 heavy (non-hydrogen) atoms. The van der Waals surface area contributed by atoms with E-state index in [-0.39, 0.29) is 11.8 Å². The summed E-state index contributed by atoms with van der Waals surface area (Å²) in [6.45, 7) is 8.52. The molecule has 0 atom stereocenters. The van der Waals surface area contributed by atoms with Crippen molar-refractivity contribution in [2.24, 2.45) is 5.73 Å². The minimum Gasteiger partial charge on any atom is -0.354 e. The lowest BCUT2D eigenvalue weighted by Gasteiger charge is -2.08. The van der Waals surface area contributed by atoms with Crippen molar-refractivity contribution < 1.29 is 9.59 Å². The van der Waals surface area contributed by atoms with Crippen LogP contribution < -0.4 is 16.4 Å². The fourth-order valence-electron chi connectivity index (χ4n) is 2.63. The first kappa shape index (κ1) is 27.1. The predicted octanol–water partition coefficient (Wildman–Crippen LogP) is 4.24. The number of carbonyl (C=O) groups excluding carboxylic acids is 2. The van der Waals surface area contributed by atoms with E-state index < -0.39 is 0 Å². The molecule has 0 fully saturated rings. The average molecular weight is 448 g/mol. The second kappa shape index (κ2) is 15.0. The number of aromatic nitrogens is 2. The Hall–Kier alpha value is -3.89. The van der Waals surface area contributed by atoms with E-state index in [0.717, 1.165) is 11.3 Å². The summed E-state index contributed by atoms with van der Waals surface area (Å²) < 4.78 is 1.69. The zero-order valence-corrected chi connectivity index (χ0v) is 20.0. The van der Waals surface area contributed by atoms with Crippen LogP contribution in [0.1, 0.15) is 60.5 Å². The van der Waals surface area contributed by atoms with Crippen molar-refractivity contribution in [3.05, 3.63) is 77.9 Å². The normalized spacial score (nSPS) is 9.15. The fourth-order valence-corrected chi connectivity index (χ4v) is 2.63. The molecule has 174 valence electrons. The quantitative estimate of drug-likeness (QED) is 0.509. The van der Waals surface area contributed by atoms with Gasteiger partial charge in [0.05, 0.1) is 0 Å². The molecule has 0 aliphatic carbocycles. The number of hydrogen-bond donors (Lipinski definition) is 3. The van der Waals surface area contributed by atoms with E-state index in [4.69, 9.17) is 5.73 Å². The van der Waals surface area contributed by atoms with Crippen molar-refractivity contribution in [3.8, 4) is 17.5 Å². The first-order valence-electron chi connectivity index (χ1n) is 11.1. The van der Waals surface area contributed by atoms with E-state index in [2.05, 4.69) is 27.5 Å². The molecule has 0 spiro atoms. The van der Waals surface area contributed by atoms with Crippen molar-refractivity contribution in [1.29, 1.82) is 0 Å². The summed E-state index contributed by atoms with van der Waals surface area (Å²) in [6, 6.07) is 14.4. The van der Waals surface area contributed by atoms with Crippen LogP contribution in [0, 0.1) is 11.8 Å². The predicted molar refractivity (Wildman–Crippen MR) is 135 cm³/mol. The smallest absolute Gasteiger partial charge is 0.271 e. The Morgan fingerprint density at radius 2 is 1.76 bits per heavy atom. The Bertz CT molecular complexity index is 1090. The first-order valence-corrected chi connectivity index (χ1v) is 11.1. The molecule has 0 bridgehead atoms. The van der Waals surface area contributed by atoms with E-state index in [9.17, 15) is 9.59 Å². The van der Waals surface area contributed by atoms with Crippen LogP contribution in [0.2, 0.25) is 0 Å². The summed E-state index contributed by atoms with van der Waals surface area (Å²) in [6.07, 6.45) is 3.77. The van der Waals surface area contributed by atoms with E-state index in [1.165, 1.54) is 6.33 Å².